The van der Waals surface area contributed by atoms with Gasteiger partial charge in [-0.05, 0) is 18.1 Å². The first-order valence-corrected chi connectivity index (χ1v) is 6.07. The maximum atomic E-state index is 12.8. The van der Waals surface area contributed by atoms with E-state index in [2.05, 4.69) is 4.98 Å². The third kappa shape index (κ3) is 3.44. The van der Waals surface area contributed by atoms with Crippen molar-refractivity contribution >= 4 is 5.78 Å². The molecule has 0 aliphatic carbocycles. The van der Waals surface area contributed by atoms with Crippen molar-refractivity contribution in [3.8, 4) is 0 Å². The molecule has 0 aliphatic heterocycles. The van der Waals surface area contributed by atoms with E-state index in [4.69, 9.17) is 0 Å². The first-order chi connectivity index (χ1) is 9.48. The molecule has 1 heterocycles. The van der Waals surface area contributed by atoms with Crippen molar-refractivity contribution in [1.82, 2.24) is 4.98 Å². The topological polar surface area (TPSA) is 30.0 Å². The standard InChI is InChI=1S/C15H12F3NO/c16-15(17,18)13-8-9-19-10-12(13)14(20)7-6-11-4-2-1-3-5-11/h1-5,8-10H,6-7H2. The fraction of sp³-hybridized carbons (Fsp3) is 0.200. The van der Waals surface area contributed by atoms with E-state index in [-0.39, 0.29) is 12.0 Å². The molecule has 1 aromatic heterocycles. The van der Waals surface area contributed by atoms with Crippen LogP contribution in [0.5, 0.6) is 0 Å². The van der Waals surface area contributed by atoms with Gasteiger partial charge in [0, 0.05) is 24.4 Å². The Morgan fingerprint density at radius 3 is 2.45 bits per heavy atom. The molecule has 0 saturated heterocycles. The van der Waals surface area contributed by atoms with Gasteiger partial charge >= 0.3 is 6.18 Å². The smallest absolute Gasteiger partial charge is 0.294 e. The van der Waals surface area contributed by atoms with Gasteiger partial charge in [0.2, 0.25) is 0 Å². The van der Waals surface area contributed by atoms with Crippen molar-refractivity contribution in [2.75, 3.05) is 0 Å². The Bertz CT molecular complexity index is 594. The molecule has 0 atom stereocenters. The molecule has 0 unspecified atom stereocenters. The fourth-order valence-electron chi connectivity index (χ4n) is 1.90. The van der Waals surface area contributed by atoms with Crippen molar-refractivity contribution < 1.29 is 18.0 Å². The summed E-state index contributed by atoms with van der Waals surface area (Å²) in [7, 11) is 0. The highest BCUT2D eigenvalue weighted by molar-refractivity contribution is 5.97. The van der Waals surface area contributed by atoms with Crippen LogP contribution in [0.3, 0.4) is 0 Å². The van der Waals surface area contributed by atoms with Gasteiger partial charge in [0.25, 0.3) is 0 Å². The quantitative estimate of drug-likeness (QED) is 0.794. The number of pyridine rings is 1. The number of hydrogen-bond acceptors (Lipinski definition) is 2. The van der Waals surface area contributed by atoms with Crippen LogP contribution in [-0.4, -0.2) is 10.8 Å². The van der Waals surface area contributed by atoms with Gasteiger partial charge in [-0.1, -0.05) is 30.3 Å². The van der Waals surface area contributed by atoms with Crippen LogP contribution in [0, 0.1) is 0 Å². The van der Waals surface area contributed by atoms with E-state index < -0.39 is 17.5 Å². The molecule has 5 heteroatoms. The minimum absolute atomic E-state index is 0.0266. The van der Waals surface area contributed by atoms with Crippen LogP contribution >= 0.6 is 0 Å². The normalized spacial score (nSPS) is 11.3. The van der Waals surface area contributed by atoms with E-state index in [0.29, 0.717) is 6.42 Å². The predicted octanol–water partition coefficient (Wildman–Crippen LogP) is 3.92. The molecule has 2 aromatic rings. The van der Waals surface area contributed by atoms with Gasteiger partial charge in [-0.3, -0.25) is 9.78 Å². The van der Waals surface area contributed by atoms with Gasteiger partial charge in [-0.15, -0.1) is 0 Å². The molecule has 0 amide bonds. The zero-order valence-electron chi connectivity index (χ0n) is 10.5. The summed E-state index contributed by atoms with van der Waals surface area (Å²) >= 11 is 0. The number of benzene rings is 1. The molecule has 2 nitrogen and oxygen atoms in total. The first-order valence-electron chi connectivity index (χ1n) is 6.07. The summed E-state index contributed by atoms with van der Waals surface area (Å²) in [6.45, 7) is 0. The van der Waals surface area contributed by atoms with Crippen molar-refractivity contribution in [1.29, 1.82) is 0 Å². The lowest BCUT2D eigenvalue weighted by Gasteiger charge is -2.11. The van der Waals surface area contributed by atoms with Gasteiger partial charge < -0.3 is 0 Å². The van der Waals surface area contributed by atoms with Gasteiger partial charge in [-0.25, -0.2) is 0 Å². The Kier molecular flexibility index (Phi) is 4.17. The lowest BCUT2D eigenvalue weighted by atomic mass is 10.0. The second-order valence-electron chi connectivity index (χ2n) is 4.33. The lowest BCUT2D eigenvalue weighted by molar-refractivity contribution is -0.138. The zero-order valence-corrected chi connectivity index (χ0v) is 10.5. The number of carbonyl (C=O) groups excluding carboxylic acids is 1. The molecule has 0 bridgehead atoms. The number of rotatable bonds is 4. The molecule has 0 N–H and O–H groups in total. The Morgan fingerprint density at radius 2 is 1.80 bits per heavy atom. The second kappa shape index (κ2) is 5.86. The second-order valence-corrected chi connectivity index (χ2v) is 4.33. The van der Waals surface area contributed by atoms with Gasteiger partial charge in [0.1, 0.15) is 0 Å². The van der Waals surface area contributed by atoms with E-state index in [1.165, 1.54) is 0 Å². The summed E-state index contributed by atoms with van der Waals surface area (Å²) in [5, 5.41) is 0. The highest BCUT2D eigenvalue weighted by Gasteiger charge is 2.34. The SMILES string of the molecule is O=C(CCc1ccccc1)c1cnccc1C(F)(F)F. The largest absolute Gasteiger partial charge is 0.417 e. The fourth-order valence-corrected chi connectivity index (χ4v) is 1.90. The molecular formula is C15H12F3NO. The molecule has 20 heavy (non-hydrogen) atoms. The summed E-state index contributed by atoms with van der Waals surface area (Å²) in [6.07, 6.45) is -2.09. The summed E-state index contributed by atoms with van der Waals surface area (Å²) < 4.78 is 38.4. The Hall–Kier alpha value is -2.17. The minimum atomic E-state index is -4.54. The number of halogens is 3. The number of aryl methyl sites for hydroxylation is 1. The van der Waals surface area contributed by atoms with Crippen LogP contribution in [0.1, 0.15) is 27.9 Å². The molecule has 0 aliphatic rings. The Labute approximate surface area is 114 Å². The van der Waals surface area contributed by atoms with Crippen LogP contribution in [-0.2, 0) is 12.6 Å². The minimum Gasteiger partial charge on any atom is -0.294 e. The highest BCUT2D eigenvalue weighted by Crippen LogP contribution is 2.32. The molecule has 104 valence electrons. The number of hydrogen-bond donors (Lipinski definition) is 0. The summed E-state index contributed by atoms with van der Waals surface area (Å²) in [6, 6.07) is 9.99. The van der Waals surface area contributed by atoms with Crippen LogP contribution < -0.4 is 0 Å². The molecule has 0 saturated carbocycles. The molecule has 0 radical (unpaired) electrons. The predicted molar refractivity (Wildman–Crippen MR) is 68.3 cm³/mol. The van der Waals surface area contributed by atoms with E-state index >= 15 is 0 Å². The number of Topliss-reactive ketones (excluding diaryl/α,β-unsaturated/α-hetero) is 1. The summed E-state index contributed by atoms with van der Waals surface area (Å²) in [4.78, 5) is 15.6. The number of alkyl halides is 3. The maximum absolute atomic E-state index is 12.8. The van der Waals surface area contributed by atoms with E-state index in [9.17, 15) is 18.0 Å². The Balaban J connectivity index is 2.14. The van der Waals surface area contributed by atoms with Crippen LogP contribution in [0.15, 0.2) is 48.8 Å². The van der Waals surface area contributed by atoms with Crippen molar-refractivity contribution in [2.24, 2.45) is 0 Å². The highest BCUT2D eigenvalue weighted by atomic mass is 19.4. The van der Waals surface area contributed by atoms with Gasteiger partial charge in [-0.2, -0.15) is 13.2 Å². The van der Waals surface area contributed by atoms with E-state index in [1.807, 2.05) is 30.3 Å². The van der Waals surface area contributed by atoms with E-state index in [1.54, 1.807) is 0 Å². The van der Waals surface area contributed by atoms with Crippen molar-refractivity contribution in [2.45, 2.75) is 19.0 Å². The monoisotopic (exact) mass is 279 g/mol. The molecular weight excluding hydrogens is 267 g/mol. The summed E-state index contributed by atoms with van der Waals surface area (Å²) in [5.41, 5.74) is -0.375. The zero-order chi connectivity index (χ0) is 14.6. The maximum Gasteiger partial charge on any atom is 0.417 e. The molecule has 0 fully saturated rings. The van der Waals surface area contributed by atoms with Crippen LogP contribution in [0.2, 0.25) is 0 Å². The molecule has 2 rings (SSSR count). The number of ketones is 1. The number of nitrogens with zero attached hydrogens (tertiary/aromatic N) is 1. The average Bonchev–Trinajstić information content (AvgIpc) is 2.45. The Morgan fingerprint density at radius 1 is 1.10 bits per heavy atom. The van der Waals surface area contributed by atoms with Crippen LogP contribution in [0.25, 0.3) is 0 Å². The molecule has 1 aromatic carbocycles. The molecule has 0 spiro atoms. The van der Waals surface area contributed by atoms with Gasteiger partial charge in [0.15, 0.2) is 5.78 Å². The van der Waals surface area contributed by atoms with Crippen molar-refractivity contribution in [3.05, 3.63) is 65.5 Å². The number of carbonyl (C=O) groups is 1. The summed E-state index contributed by atoms with van der Waals surface area (Å²) in [5.74, 6) is -0.547. The third-order valence-corrected chi connectivity index (χ3v) is 2.91. The number of aromatic nitrogens is 1. The average molecular weight is 279 g/mol. The van der Waals surface area contributed by atoms with Gasteiger partial charge in [0.05, 0.1) is 5.56 Å². The third-order valence-electron chi connectivity index (χ3n) is 2.91. The van der Waals surface area contributed by atoms with Crippen molar-refractivity contribution in [3.63, 3.8) is 0 Å². The van der Waals surface area contributed by atoms with E-state index in [0.717, 1.165) is 24.0 Å². The lowest BCUT2D eigenvalue weighted by Crippen LogP contribution is -2.14. The first kappa shape index (κ1) is 14.2. The van der Waals surface area contributed by atoms with Crippen LogP contribution in [0.4, 0.5) is 13.2 Å².